The quantitative estimate of drug-likeness (QED) is 0.168. The summed E-state index contributed by atoms with van der Waals surface area (Å²) in [6.45, 7) is 26.1. The Hall–Kier alpha value is -1.86. The predicted octanol–water partition coefficient (Wildman–Crippen LogP) is 8.94. The number of hydrogen-bond donors (Lipinski definition) is 0. The van der Waals surface area contributed by atoms with Crippen LogP contribution < -0.4 is 0 Å². The molecule has 41 heavy (non-hydrogen) atoms. The summed E-state index contributed by atoms with van der Waals surface area (Å²) in [6, 6.07) is 0. The summed E-state index contributed by atoms with van der Waals surface area (Å²) < 4.78 is 19.2. The van der Waals surface area contributed by atoms with Crippen molar-refractivity contribution in [2.24, 2.45) is 16.7 Å². The van der Waals surface area contributed by atoms with Crippen LogP contribution in [0.25, 0.3) is 0 Å². The summed E-state index contributed by atoms with van der Waals surface area (Å²) in [5.74, 6) is 1.05. The molecule has 3 rings (SSSR count). The van der Waals surface area contributed by atoms with Crippen molar-refractivity contribution < 1.29 is 23.5 Å². The number of carbonyl (C=O) groups excluding carboxylic acids is 2. The Morgan fingerprint density at radius 2 is 1.71 bits per heavy atom. The fourth-order valence-corrected chi connectivity index (χ4v) is 13.5. The van der Waals surface area contributed by atoms with E-state index in [-0.39, 0.29) is 28.7 Å². The minimum absolute atomic E-state index is 0.00167. The van der Waals surface area contributed by atoms with E-state index >= 15 is 0 Å². The number of ether oxygens (including phenoxy) is 2. The van der Waals surface area contributed by atoms with Gasteiger partial charge in [0.2, 0.25) is 5.78 Å². The predicted molar refractivity (Wildman–Crippen MR) is 169 cm³/mol. The number of amides is 1. The van der Waals surface area contributed by atoms with Gasteiger partial charge in [0.05, 0.1) is 11.7 Å². The fraction of sp³-hybridized carbons (Fsp3) is 0.765. The highest BCUT2D eigenvalue weighted by molar-refractivity contribution is 6.78. The van der Waals surface area contributed by atoms with Crippen LogP contribution in [0.5, 0.6) is 0 Å². The number of carbonyl (C=O) groups is 2. The molecule has 6 nitrogen and oxygen atoms in total. The minimum atomic E-state index is -2.44. The van der Waals surface area contributed by atoms with E-state index in [4.69, 9.17) is 13.9 Å². The molecule has 0 saturated carbocycles. The van der Waals surface area contributed by atoms with Crippen LogP contribution in [-0.4, -0.2) is 50.9 Å². The van der Waals surface area contributed by atoms with Gasteiger partial charge in [0, 0.05) is 31.3 Å². The lowest BCUT2D eigenvalue weighted by Crippen LogP contribution is -2.48. The first kappa shape index (κ1) is 33.6. The Bertz CT molecular complexity index is 1070. The molecule has 0 spiro atoms. The number of fused-ring (bicyclic) bond motifs is 2. The van der Waals surface area contributed by atoms with E-state index in [1.165, 1.54) is 10.5 Å². The lowest BCUT2D eigenvalue weighted by Gasteiger charge is -2.42. The number of rotatable bonds is 12. The van der Waals surface area contributed by atoms with Gasteiger partial charge in [-0.25, -0.2) is 4.79 Å². The molecule has 0 N–H and O–H groups in total. The van der Waals surface area contributed by atoms with Crippen molar-refractivity contribution in [1.29, 1.82) is 0 Å². The van der Waals surface area contributed by atoms with Gasteiger partial charge < -0.3 is 18.8 Å². The van der Waals surface area contributed by atoms with Crippen molar-refractivity contribution in [2.75, 3.05) is 14.1 Å². The molecule has 232 valence electrons. The van der Waals surface area contributed by atoms with Crippen LogP contribution in [0.4, 0.5) is 4.79 Å². The SMILES string of the molecule is C=C[C@]1(C)[C@@H]2CC[C@@](C)(O2)[C@H]1CC/C(C)=C/C[C@@]1(C)CC(OC(=O)N(C)C)=C(O[Si](C(C)C)(C(C)C)C(C)C)C1=O. The maximum Gasteiger partial charge on any atom is 0.414 e. The normalized spacial score (nSPS) is 32.1. The molecule has 2 bridgehead atoms. The minimum Gasteiger partial charge on any atom is -0.538 e. The number of nitrogens with zero attached hydrogens (tertiary/aromatic N) is 1. The molecule has 1 aliphatic carbocycles. The zero-order valence-corrected chi connectivity index (χ0v) is 29.0. The highest BCUT2D eigenvalue weighted by atomic mass is 28.4. The first-order valence-electron chi connectivity index (χ1n) is 15.7. The average molecular weight is 588 g/mol. The zero-order chi connectivity index (χ0) is 31.1. The number of Topliss-reactive ketones (excluding diaryl/α,β-unsaturated/α-hetero) is 1. The molecule has 2 saturated heterocycles. The van der Waals surface area contributed by atoms with Gasteiger partial charge in [0.25, 0.3) is 8.32 Å². The topological polar surface area (TPSA) is 65.1 Å². The van der Waals surface area contributed by atoms with E-state index < -0.39 is 19.8 Å². The molecule has 0 radical (unpaired) electrons. The molecular formula is C34H57NO5Si. The van der Waals surface area contributed by atoms with Crippen molar-refractivity contribution >= 4 is 20.2 Å². The summed E-state index contributed by atoms with van der Waals surface area (Å²) in [7, 11) is 0.865. The summed E-state index contributed by atoms with van der Waals surface area (Å²) in [5, 5.41) is 0. The van der Waals surface area contributed by atoms with Gasteiger partial charge in [-0.3, -0.25) is 4.79 Å². The highest BCUT2D eigenvalue weighted by Crippen LogP contribution is 2.60. The molecule has 0 aromatic heterocycles. The van der Waals surface area contributed by atoms with Crippen LogP contribution in [0.15, 0.2) is 35.8 Å². The standard InChI is InChI=1S/C34H57NO5Si/c1-14-33(10)27(34(11)20-18-28(33)39-34)16-15-25(8)17-19-32(9)21-26(38-31(37)35(12)13)29(30(32)36)40-41(22(2)3,23(4)5)24(6)7/h14,17,22-24,27-28H,1,15-16,18-21H2,2-13H3/b25-17+/t27-,28-,32-,33-,34+/m0/s1. The molecule has 0 unspecified atom stereocenters. The molecule has 0 aromatic carbocycles. The molecule has 5 atom stereocenters. The van der Waals surface area contributed by atoms with E-state index in [0.717, 1.165) is 25.7 Å². The Labute approximate surface area is 251 Å². The molecule has 2 fully saturated rings. The van der Waals surface area contributed by atoms with Gasteiger partial charge in [0.15, 0.2) is 11.5 Å². The van der Waals surface area contributed by atoms with Gasteiger partial charge in [-0.15, -0.1) is 6.58 Å². The van der Waals surface area contributed by atoms with Gasteiger partial charge in [-0.05, 0) is 68.5 Å². The molecular weight excluding hydrogens is 530 g/mol. The third-order valence-electron chi connectivity index (χ3n) is 10.8. The third-order valence-corrected chi connectivity index (χ3v) is 16.8. The third kappa shape index (κ3) is 6.00. The zero-order valence-electron chi connectivity index (χ0n) is 28.0. The number of ketones is 1. The Morgan fingerprint density at radius 1 is 1.12 bits per heavy atom. The molecule has 2 heterocycles. The Kier molecular flexibility index (Phi) is 9.87. The molecule has 7 heteroatoms. The second kappa shape index (κ2) is 12.0. The van der Waals surface area contributed by atoms with E-state index in [1.54, 1.807) is 14.1 Å². The van der Waals surface area contributed by atoms with Gasteiger partial charge >= 0.3 is 6.09 Å². The van der Waals surface area contributed by atoms with Crippen molar-refractivity contribution in [3.05, 3.63) is 35.8 Å². The second-order valence-corrected chi connectivity index (χ2v) is 20.3. The number of hydrogen-bond acceptors (Lipinski definition) is 5. The average Bonchev–Trinajstić information content (AvgIpc) is 3.45. The smallest absolute Gasteiger partial charge is 0.414 e. The molecule has 0 aromatic rings. The lowest BCUT2D eigenvalue weighted by molar-refractivity contribution is -0.124. The van der Waals surface area contributed by atoms with Crippen LogP contribution in [0.2, 0.25) is 16.6 Å². The first-order valence-corrected chi connectivity index (χ1v) is 17.8. The van der Waals surface area contributed by atoms with Crippen molar-refractivity contribution in [2.45, 2.75) is 136 Å². The fourth-order valence-electron chi connectivity index (χ4n) is 8.19. The van der Waals surface area contributed by atoms with Crippen molar-refractivity contribution in [1.82, 2.24) is 4.90 Å². The van der Waals surface area contributed by atoms with E-state index in [0.29, 0.717) is 41.1 Å². The van der Waals surface area contributed by atoms with Gasteiger partial charge in [-0.2, -0.15) is 0 Å². The van der Waals surface area contributed by atoms with E-state index in [2.05, 4.69) is 81.0 Å². The first-order chi connectivity index (χ1) is 18.9. The van der Waals surface area contributed by atoms with Crippen LogP contribution in [0.1, 0.15) is 108 Å². The lowest BCUT2D eigenvalue weighted by atomic mass is 9.61. The van der Waals surface area contributed by atoms with Crippen molar-refractivity contribution in [3.8, 4) is 0 Å². The second-order valence-electron chi connectivity index (χ2n) is 14.9. The number of allylic oxidation sites excluding steroid dienone is 4. The van der Waals surface area contributed by atoms with Crippen LogP contribution >= 0.6 is 0 Å². The Balaban J connectivity index is 1.82. The van der Waals surface area contributed by atoms with Crippen LogP contribution in [-0.2, 0) is 18.7 Å². The molecule has 3 aliphatic rings. The van der Waals surface area contributed by atoms with Gasteiger partial charge in [-0.1, -0.05) is 73.1 Å². The summed E-state index contributed by atoms with van der Waals surface area (Å²) in [4.78, 5) is 28.2. The van der Waals surface area contributed by atoms with Crippen LogP contribution in [0, 0.1) is 16.7 Å². The summed E-state index contributed by atoms with van der Waals surface area (Å²) >= 11 is 0. The van der Waals surface area contributed by atoms with E-state index in [1.807, 2.05) is 6.92 Å². The molecule has 2 aliphatic heterocycles. The highest BCUT2D eigenvalue weighted by Gasteiger charge is 2.61. The maximum absolute atomic E-state index is 14.1. The van der Waals surface area contributed by atoms with Crippen LogP contribution in [0.3, 0.4) is 0 Å². The van der Waals surface area contributed by atoms with Crippen molar-refractivity contribution in [3.63, 3.8) is 0 Å². The largest absolute Gasteiger partial charge is 0.538 e. The Morgan fingerprint density at radius 3 is 2.22 bits per heavy atom. The van der Waals surface area contributed by atoms with Gasteiger partial charge in [0.1, 0.15) is 0 Å². The summed E-state index contributed by atoms with van der Waals surface area (Å²) in [5.41, 5.74) is 1.35. The molecule has 1 amide bonds. The maximum atomic E-state index is 14.1. The monoisotopic (exact) mass is 587 g/mol. The van der Waals surface area contributed by atoms with E-state index in [9.17, 15) is 9.59 Å². The summed E-state index contributed by atoms with van der Waals surface area (Å²) in [6.07, 6.45) is 9.24.